The van der Waals surface area contributed by atoms with Gasteiger partial charge in [-0.15, -0.1) is 0 Å². The lowest BCUT2D eigenvalue weighted by atomic mass is 9.88. The maximum Gasteiger partial charge on any atom is 0.270 e. The number of rotatable bonds is 4. The van der Waals surface area contributed by atoms with Crippen molar-refractivity contribution in [2.45, 2.75) is 25.0 Å². The summed E-state index contributed by atoms with van der Waals surface area (Å²) < 4.78 is 6.83. The van der Waals surface area contributed by atoms with E-state index in [1.165, 1.54) is 22.8 Å². The third kappa shape index (κ3) is 2.33. The standard InChI is InChI=1S/C15H17N3O4/c1-17-13-5-3-9(18(20)21)7-10(13)12(8-15(17)19)16-11-4-6-14(11)22-2/h3,5,7-8,11,14,16H,4,6H2,1-2H3/t11-,14-/m0/s1. The van der Waals surface area contributed by atoms with Crippen molar-refractivity contribution in [1.82, 2.24) is 4.57 Å². The summed E-state index contributed by atoms with van der Waals surface area (Å²) in [6.07, 6.45) is 2.03. The highest BCUT2D eigenvalue weighted by molar-refractivity contribution is 5.93. The van der Waals surface area contributed by atoms with Crippen molar-refractivity contribution in [2.75, 3.05) is 12.4 Å². The molecule has 116 valence electrons. The summed E-state index contributed by atoms with van der Waals surface area (Å²) in [5.41, 5.74) is 1.13. The number of hydrogen-bond acceptors (Lipinski definition) is 5. The SMILES string of the molecule is CO[C@H]1CC[C@@H]1Nc1cc(=O)n(C)c2ccc([N+](=O)[O-])cc12. The number of methoxy groups -OCH3 is 1. The molecule has 2 atom stereocenters. The average molecular weight is 303 g/mol. The zero-order valence-corrected chi connectivity index (χ0v) is 12.4. The molecule has 0 saturated heterocycles. The van der Waals surface area contributed by atoms with Crippen LogP contribution in [0.3, 0.4) is 0 Å². The minimum Gasteiger partial charge on any atom is -0.379 e. The predicted molar refractivity (Wildman–Crippen MR) is 83.3 cm³/mol. The van der Waals surface area contributed by atoms with Crippen LogP contribution in [0.1, 0.15) is 12.8 Å². The van der Waals surface area contributed by atoms with Crippen molar-refractivity contribution in [3.63, 3.8) is 0 Å². The predicted octanol–water partition coefficient (Wildman–Crippen LogP) is 2.04. The second kappa shape index (κ2) is 5.42. The number of nitro benzene ring substituents is 1. The van der Waals surface area contributed by atoms with E-state index in [2.05, 4.69) is 5.32 Å². The van der Waals surface area contributed by atoms with Crippen molar-refractivity contribution >= 4 is 22.3 Å². The molecule has 0 amide bonds. The first-order chi connectivity index (χ1) is 10.5. The van der Waals surface area contributed by atoms with Gasteiger partial charge < -0.3 is 14.6 Å². The molecule has 3 rings (SSSR count). The Morgan fingerprint density at radius 3 is 2.73 bits per heavy atom. The summed E-state index contributed by atoms with van der Waals surface area (Å²) in [6.45, 7) is 0. The van der Waals surface area contributed by atoms with Gasteiger partial charge in [0.2, 0.25) is 0 Å². The highest BCUT2D eigenvalue weighted by Gasteiger charge is 2.31. The minimum absolute atomic E-state index is 0.00565. The molecular weight excluding hydrogens is 286 g/mol. The number of nitrogens with zero attached hydrogens (tertiary/aromatic N) is 2. The molecule has 1 heterocycles. The van der Waals surface area contributed by atoms with E-state index in [0.29, 0.717) is 16.6 Å². The van der Waals surface area contributed by atoms with Crippen molar-refractivity contribution < 1.29 is 9.66 Å². The fraction of sp³-hybridized carbons (Fsp3) is 0.400. The summed E-state index contributed by atoms with van der Waals surface area (Å²) in [5.74, 6) is 0. The van der Waals surface area contributed by atoms with Gasteiger partial charge in [-0.3, -0.25) is 14.9 Å². The summed E-state index contributed by atoms with van der Waals surface area (Å²) in [5, 5.41) is 15.0. The van der Waals surface area contributed by atoms with Crippen LogP contribution in [0.25, 0.3) is 10.9 Å². The summed E-state index contributed by atoms with van der Waals surface area (Å²) in [4.78, 5) is 22.6. The molecule has 7 heteroatoms. The Hall–Kier alpha value is -2.41. The average Bonchev–Trinajstić information content (AvgIpc) is 2.48. The third-order valence-corrected chi connectivity index (χ3v) is 4.30. The summed E-state index contributed by atoms with van der Waals surface area (Å²) >= 11 is 0. The lowest BCUT2D eigenvalue weighted by Crippen LogP contribution is -2.44. The largest absolute Gasteiger partial charge is 0.379 e. The Morgan fingerprint density at radius 2 is 2.14 bits per heavy atom. The molecule has 2 aromatic rings. The van der Waals surface area contributed by atoms with Crippen LogP contribution >= 0.6 is 0 Å². The Balaban J connectivity index is 2.11. The number of aromatic nitrogens is 1. The minimum atomic E-state index is -0.435. The molecule has 1 aliphatic rings. The van der Waals surface area contributed by atoms with Crippen LogP contribution in [0.2, 0.25) is 0 Å². The van der Waals surface area contributed by atoms with Gasteiger partial charge in [0.25, 0.3) is 11.2 Å². The first-order valence-corrected chi connectivity index (χ1v) is 7.09. The van der Waals surface area contributed by atoms with Gasteiger partial charge in [0, 0.05) is 43.4 Å². The molecule has 22 heavy (non-hydrogen) atoms. The number of benzene rings is 1. The van der Waals surface area contributed by atoms with E-state index in [9.17, 15) is 14.9 Å². The van der Waals surface area contributed by atoms with Crippen molar-refractivity contribution in [1.29, 1.82) is 0 Å². The van der Waals surface area contributed by atoms with E-state index >= 15 is 0 Å². The van der Waals surface area contributed by atoms with Gasteiger partial charge in [-0.2, -0.15) is 0 Å². The van der Waals surface area contributed by atoms with Gasteiger partial charge in [0.1, 0.15) is 0 Å². The van der Waals surface area contributed by atoms with Crippen molar-refractivity contribution in [2.24, 2.45) is 7.05 Å². The van der Waals surface area contributed by atoms with Gasteiger partial charge in [0.15, 0.2) is 0 Å². The second-order valence-corrected chi connectivity index (χ2v) is 5.52. The van der Waals surface area contributed by atoms with Crippen LogP contribution in [-0.2, 0) is 11.8 Å². The van der Waals surface area contributed by atoms with Gasteiger partial charge in [0.05, 0.1) is 22.6 Å². The van der Waals surface area contributed by atoms with Crippen LogP contribution in [-0.4, -0.2) is 28.7 Å². The van der Waals surface area contributed by atoms with Crippen molar-refractivity contribution in [3.8, 4) is 0 Å². The van der Waals surface area contributed by atoms with E-state index in [1.54, 1.807) is 20.2 Å². The smallest absolute Gasteiger partial charge is 0.270 e. The fourth-order valence-corrected chi connectivity index (χ4v) is 2.80. The molecule has 1 fully saturated rings. The van der Waals surface area contributed by atoms with Gasteiger partial charge in [-0.25, -0.2) is 0 Å². The van der Waals surface area contributed by atoms with Crippen LogP contribution in [0.5, 0.6) is 0 Å². The first-order valence-electron chi connectivity index (χ1n) is 7.09. The number of nitro groups is 1. The highest BCUT2D eigenvalue weighted by Crippen LogP contribution is 2.31. The Labute approximate surface area is 126 Å². The molecule has 7 nitrogen and oxygen atoms in total. The lowest BCUT2D eigenvalue weighted by molar-refractivity contribution is -0.384. The van der Waals surface area contributed by atoms with Crippen LogP contribution in [0.15, 0.2) is 29.1 Å². The molecule has 0 radical (unpaired) electrons. The number of nitrogens with one attached hydrogen (secondary N) is 1. The Morgan fingerprint density at radius 1 is 1.36 bits per heavy atom. The molecule has 0 bridgehead atoms. The molecule has 0 unspecified atom stereocenters. The van der Waals surface area contributed by atoms with Crippen LogP contribution < -0.4 is 10.9 Å². The lowest BCUT2D eigenvalue weighted by Gasteiger charge is -2.36. The summed E-state index contributed by atoms with van der Waals surface area (Å²) in [6, 6.07) is 6.12. The number of non-ortho nitro benzene ring substituents is 1. The Bertz CT molecular complexity index is 797. The first kappa shape index (κ1) is 14.5. The number of aryl methyl sites for hydroxylation is 1. The number of hydrogen-bond donors (Lipinski definition) is 1. The number of fused-ring (bicyclic) bond motifs is 1. The number of pyridine rings is 1. The van der Waals surface area contributed by atoms with E-state index in [0.717, 1.165) is 12.8 Å². The van der Waals surface area contributed by atoms with E-state index < -0.39 is 4.92 Å². The van der Waals surface area contributed by atoms with E-state index in [1.807, 2.05) is 0 Å². The van der Waals surface area contributed by atoms with E-state index in [4.69, 9.17) is 4.74 Å². The van der Waals surface area contributed by atoms with Crippen molar-refractivity contribution in [3.05, 3.63) is 44.7 Å². The molecule has 0 aliphatic heterocycles. The maximum absolute atomic E-state index is 12.1. The van der Waals surface area contributed by atoms with E-state index in [-0.39, 0.29) is 23.4 Å². The number of anilines is 1. The van der Waals surface area contributed by atoms with Crippen LogP contribution in [0.4, 0.5) is 11.4 Å². The maximum atomic E-state index is 12.1. The third-order valence-electron chi connectivity index (χ3n) is 4.30. The summed E-state index contributed by atoms with van der Waals surface area (Å²) in [7, 11) is 3.31. The van der Waals surface area contributed by atoms with Gasteiger partial charge >= 0.3 is 0 Å². The van der Waals surface area contributed by atoms with Gasteiger partial charge in [-0.05, 0) is 18.9 Å². The number of ether oxygens (including phenoxy) is 1. The monoisotopic (exact) mass is 303 g/mol. The van der Waals surface area contributed by atoms with Gasteiger partial charge in [-0.1, -0.05) is 0 Å². The normalized spacial score (nSPS) is 20.6. The Kier molecular flexibility index (Phi) is 3.58. The highest BCUT2D eigenvalue weighted by atomic mass is 16.6. The quantitative estimate of drug-likeness (QED) is 0.690. The molecule has 1 aliphatic carbocycles. The molecular formula is C15H17N3O4. The molecule has 1 saturated carbocycles. The molecule has 1 aromatic heterocycles. The van der Waals surface area contributed by atoms with Crippen LogP contribution in [0, 0.1) is 10.1 Å². The zero-order chi connectivity index (χ0) is 15.9. The molecule has 1 aromatic carbocycles. The second-order valence-electron chi connectivity index (χ2n) is 5.52. The molecule has 0 spiro atoms. The zero-order valence-electron chi connectivity index (χ0n) is 12.4. The molecule has 1 N–H and O–H groups in total. The topological polar surface area (TPSA) is 86.4 Å². The fourth-order valence-electron chi connectivity index (χ4n) is 2.80.